The van der Waals surface area contributed by atoms with Gasteiger partial charge in [0.25, 0.3) is 0 Å². The van der Waals surface area contributed by atoms with Crippen LogP contribution in [0.15, 0.2) is 48.5 Å². The lowest BCUT2D eigenvalue weighted by Crippen LogP contribution is -2.28. The van der Waals surface area contributed by atoms with Crippen molar-refractivity contribution >= 4 is 0 Å². The largest absolute Gasteiger partial charge is 0.491 e. The van der Waals surface area contributed by atoms with Gasteiger partial charge in [-0.15, -0.1) is 0 Å². The van der Waals surface area contributed by atoms with E-state index in [1.165, 1.54) is 62.5 Å². The van der Waals surface area contributed by atoms with Crippen molar-refractivity contribution in [3.63, 3.8) is 0 Å². The van der Waals surface area contributed by atoms with Crippen LogP contribution in [0.4, 0.5) is 0 Å². The summed E-state index contributed by atoms with van der Waals surface area (Å²) in [5, 5.41) is 18.1. The number of ether oxygens (including phenoxy) is 2. The maximum Gasteiger partial charge on any atom is 0.119 e. The van der Waals surface area contributed by atoms with Gasteiger partial charge in [0, 0.05) is 5.41 Å². The Morgan fingerprint density at radius 2 is 0.903 bits per heavy atom. The van der Waals surface area contributed by atoms with Gasteiger partial charge in [0.05, 0.1) is 13.2 Å². The van der Waals surface area contributed by atoms with E-state index >= 15 is 0 Å². The van der Waals surface area contributed by atoms with Crippen molar-refractivity contribution in [1.82, 2.24) is 0 Å². The molecule has 0 atom stereocenters. The van der Waals surface area contributed by atoms with E-state index in [0.717, 1.165) is 24.3 Å². The molecular formula is C27H38O4. The molecule has 0 aromatic heterocycles. The highest BCUT2D eigenvalue weighted by atomic mass is 16.5. The molecule has 4 nitrogen and oxygen atoms in total. The molecule has 1 aliphatic rings. The van der Waals surface area contributed by atoms with Gasteiger partial charge in [-0.3, -0.25) is 0 Å². The summed E-state index contributed by atoms with van der Waals surface area (Å²) >= 11 is 0. The number of hydrogen-bond acceptors (Lipinski definition) is 4. The fourth-order valence-electron chi connectivity index (χ4n) is 4.85. The second kappa shape index (κ2) is 12.7. The van der Waals surface area contributed by atoms with Crippen LogP contribution in [-0.2, 0) is 5.41 Å². The normalized spacial score (nSPS) is 17.5. The minimum atomic E-state index is -0.0185. The Labute approximate surface area is 187 Å². The summed E-state index contributed by atoms with van der Waals surface area (Å²) < 4.78 is 11.2. The summed E-state index contributed by atoms with van der Waals surface area (Å²) in [6, 6.07) is 17.0. The number of benzene rings is 2. The van der Waals surface area contributed by atoms with Crippen molar-refractivity contribution in [2.24, 2.45) is 0 Å². The van der Waals surface area contributed by atoms with Crippen molar-refractivity contribution in [2.75, 3.05) is 26.4 Å². The number of aliphatic hydroxyl groups is 2. The fraction of sp³-hybridized carbons (Fsp3) is 0.556. The first kappa shape index (κ1) is 23.6. The van der Waals surface area contributed by atoms with Crippen molar-refractivity contribution in [1.29, 1.82) is 0 Å². The topological polar surface area (TPSA) is 58.9 Å². The van der Waals surface area contributed by atoms with E-state index in [-0.39, 0.29) is 18.6 Å². The molecule has 31 heavy (non-hydrogen) atoms. The Kier molecular flexibility index (Phi) is 9.70. The van der Waals surface area contributed by atoms with Crippen molar-refractivity contribution in [3.05, 3.63) is 59.7 Å². The molecule has 4 heteroatoms. The average molecular weight is 427 g/mol. The van der Waals surface area contributed by atoms with E-state index in [9.17, 15) is 0 Å². The maximum absolute atomic E-state index is 9.03. The van der Waals surface area contributed by atoms with Gasteiger partial charge in [0.15, 0.2) is 0 Å². The number of rotatable bonds is 8. The predicted molar refractivity (Wildman–Crippen MR) is 125 cm³/mol. The van der Waals surface area contributed by atoms with Crippen molar-refractivity contribution in [2.45, 2.75) is 69.6 Å². The van der Waals surface area contributed by atoms with Crippen LogP contribution in [0.3, 0.4) is 0 Å². The zero-order valence-corrected chi connectivity index (χ0v) is 18.7. The third kappa shape index (κ3) is 6.72. The lowest BCUT2D eigenvalue weighted by molar-refractivity contribution is 0.201. The molecule has 1 saturated carbocycles. The van der Waals surface area contributed by atoms with Gasteiger partial charge in [-0.05, 0) is 48.2 Å². The van der Waals surface area contributed by atoms with Crippen LogP contribution in [-0.4, -0.2) is 36.6 Å². The molecule has 2 N–H and O–H groups in total. The minimum absolute atomic E-state index is 0.0185. The quantitative estimate of drug-likeness (QED) is 0.574. The molecule has 0 saturated heterocycles. The Balaban J connectivity index is 1.92. The Bertz CT molecular complexity index is 673. The molecular weight excluding hydrogens is 388 g/mol. The predicted octanol–water partition coefficient (Wildman–Crippen LogP) is 5.63. The van der Waals surface area contributed by atoms with Gasteiger partial charge in [-0.2, -0.15) is 0 Å². The molecule has 0 amide bonds. The highest BCUT2D eigenvalue weighted by Crippen LogP contribution is 2.43. The first-order valence-corrected chi connectivity index (χ1v) is 12.0. The zero-order chi connectivity index (χ0) is 21.8. The van der Waals surface area contributed by atoms with E-state index < -0.39 is 0 Å². The third-order valence-electron chi connectivity index (χ3n) is 6.49. The highest BCUT2D eigenvalue weighted by Gasteiger charge is 2.33. The molecule has 0 spiro atoms. The van der Waals surface area contributed by atoms with Gasteiger partial charge in [0.1, 0.15) is 24.7 Å². The Morgan fingerprint density at radius 1 is 0.548 bits per heavy atom. The van der Waals surface area contributed by atoms with Gasteiger partial charge in [0.2, 0.25) is 0 Å². The molecule has 0 radical (unpaired) electrons. The highest BCUT2D eigenvalue weighted by molar-refractivity contribution is 5.43. The lowest BCUT2D eigenvalue weighted by Gasteiger charge is -2.36. The van der Waals surface area contributed by atoms with E-state index in [1.54, 1.807) is 0 Å². The molecule has 170 valence electrons. The van der Waals surface area contributed by atoms with Gasteiger partial charge < -0.3 is 19.7 Å². The van der Waals surface area contributed by atoms with Crippen LogP contribution in [0.1, 0.15) is 75.3 Å². The number of aliphatic hydroxyl groups excluding tert-OH is 2. The summed E-state index contributed by atoms with van der Waals surface area (Å²) in [4.78, 5) is 0. The van der Waals surface area contributed by atoms with Gasteiger partial charge in [-0.25, -0.2) is 0 Å². The van der Waals surface area contributed by atoms with E-state index in [2.05, 4.69) is 24.3 Å². The second-order valence-corrected chi connectivity index (χ2v) is 8.60. The van der Waals surface area contributed by atoms with Crippen LogP contribution in [0.5, 0.6) is 11.5 Å². The molecule has 2 aromatic carbocycles. The number of hydrogen-bond donors (Lipinski definition) is 2. The van der Waals surface area contributed by atoms with Gasteiger partial charge in [-0.1, -0.05) is 75.6 Å². The fourth-order valence-corrected chi connectivity index (χ4v) is 4.85. The second-order valence-electron chi connectivity index (χ2n) is 8.60. The standard InChI is InChI=1S/C27H38O4/c28-19-21-30-25-13-9-23(10-14-25)27(17-7-5-3-1-2-4-6-8-18-27)24-11-15-26(16-12-24)31-22-20-29/h9-16,28-29H,1-8,17-22H2. The molecule has 3 rings (SSSR count). The van der Waals surface area contributed by atoms with Crippen LogP contribution in [0.25, 0.3) is 0 Å². The summed E-state index contributed by atoms with van der Waals surface area (Å²) in [5.41, 5.74) is 2.66. The molecule has 0 bridgehead atoms. The van der Waals surface area contributed by atoms with Crippen molar-refractivity contribution < 1.29 is 19.7 Å². The first-order valence-electron chi connectivity index (χ1n) is 12.0. The zero-order valence-electron chi connectivity index (χ0n) is 18.7. The molecule has 0 unspecified atom stereocenters. The SMILES string of the molecule is OCCOc1ccc(C2(c3ccc(OCCO)cc3)CCCCCCCCCC2)cc1. The lowest BCUT2D eigenvalue weighted by atomic mass is 9.68. The minimum Gasteiger partial charge on any atom is -0.491 e. The first-order chi connectivity index (χ1) is 15.3. The van der Waals surface area contributed by atoms with E-state index in [4.69, 9.17) is 19.7 Å². The van der Waals surface area contributed by atoms with Crippen molar-refractivity contribution in [3.8, 4) is 11.5 Å². The average Bonchev–Trinajstić information content (AvgIpc) is 2.87. The van der Waals surface area contributed by atoms with Crippen LogP contribution in [0, 0.1) is 0 Å². The van der Waals surface area contributed by atoms with Crippen LogP contribution >= 0.6 is 0 Å². The molecule has 2 aromatic rings. The third-order valence-corrected chi connectivity index (χ3v) is 6.49. The smallest absolute Gasteiger partial charge is 0.119 e. The Morgan fingerprint density at radius 3 is 1.26 bits per heavy atom. The summed E-state index contributed by atoms with van der Waals surface area (Å²) in [6.07, 6.45) is 12.7. The summed E-state index contributed by atoms with van der Waals surface area (Å²) in [6.45, 7) is 0.687. The van der Waals surface area contributed by atoms with E-state index in [0.29, 0.717) is 13.2 Å². The molecule has 0 aliphatic heterocycles. The Hall–Kier alpha value is -2.04. The summed E-state index contributed by atoms with van der Waals surface area (Å²) in [7, 11) is 0. The van der Waals surface area contributed by atoms with E-state index in [1.807, 2.05) is 24.3 Å². The monoisotopic (exact) mass is 426 g/mol. The van der Waals surface area contributed by atoms with Crippen LogP contribution in [0.2, 0.25) is 0 Å². The van der Waals surface area contributed by atoms with Crippen LogP contribution < -0.4 is 9.47 Å². The van der Waals surface area contributed by atoms with Gasteiger partial charge >= 0.3 is 0 Å². The molecule has 1 aliphatic carbocycles. The summed E-state index contributed by atoms with van der Waals surface area (Å²) in [5.74, 6) is 1.61. The molecule has 1 fully saturated rings. The maximum atomic E-state index is 9.03. The molecule has 0 heterocycles.